The Hall–Kier alpha value is -2.22. The number of rotatable bonds is 5. The standard InChI is InChI=1S/C17H20N4O2S/c1-13(14-6-8-16(9-7-14)24(18,22)23)20(2)11-15-12-21-10-4-3-5-17(21)19-15/h3-10,12-13H,11H2,1-2H3,(H2,18,22,23)/t13-/m0/s1. The van der Waals surface area contributed by atoms with E-state index in [9.17, 15) is 8.42 Å². The van der Waals surface area contributed by atoms with Crippen molar-refractivity contribution >= 4 is 15.7 Å². The van der Waals surface area contributed by atoms with Crippen LogP contribution in [0.4, 0.5) is 0 Å². The third-order valence-corrected chi connectivity index (χ3v) is 5.11. The molecule has 0 bridgehead atoms. The lowest BCUT2D eigenvalue weighted by Crippen LogP contribution is -2.22. The third-order valence-electron chi connectivity index (χ3n) is 4.18. The summed E-state index contributed by atoms with van der Waals surface area (Å²) in [6.45, 7) is 2.77. The van der Waals surface area contributed by atoms with Gasteiger partial charge in [0.05, 0.1) is 10.6 Å². The number of primary sulfonamides is 1. The Morgan fingerprint density at radius 3 is 2.54 bits per heavy atom. The van der Waals surface area contributed by atoms with Gasteiger partial charge in [0, 0.05) is 25.0 Å². The summed E-state index contributed by atoms with van der Waals surface area (Å²) in [7, 11) is -1.64. The van der Waals surface area contributed by atoms with Crippen LogP contribution in [0, 0.1) is 0 Å². The zero-order chi connectivity index (χ0) is 17.3. The van der Waals surface area contributed by atoms with Crippen molar-refractivity contribution in [3.63, 3.8) is 0 Å². The maximum absolute atomic E-state index is 11.3. The van der Waals surface area contributed by atoms with Gasteiger partial charge in [-0.2, -0.15) is 0 Å². The molecular weight excluding hydrogens is 324 g/mol. The zero-order valence-electron chi connectivity index (χ0n) is 13.6. The summed E-state index contributed by atoms with van der Waals surface area (Å²) >= 11 is 0. The van der Waals surface area contributed by atoms with Gasteiger partial charge in [-0.3, -0.25) is 4.90 Å². The zero-order valence-corrected chi connectivity index (χ0v) is 14.4. The summed E-state index contributed by atoms with van der Waals surface area (Å²) in [5.41, 5.74) is 2.93. The largest absolute Gasteiger partial charge is 0.307 e. The molecule has 0 aliphatic heterocycles. The van der Waals surface area contributed by atoms with Crippen LogP contribution in [0.25, 0.3) is 5.65 Å². The van der Waals surface area contributed by atoms with Crippen molar-refractivity contribution in [3.8, 4) is 0 Å². The fourth-order valence-electron chi connectivity index (χ4n) is 2.65. The molecule has 0 saturated carbocycles. The van der Waals surface area contributed by atoms with E-state index in [0.29, 0.717) is 6.54 Å². The molecule has 0 spiro atoms. The van der Waals surface area contributed by atoms with Gasteiger partial charge in [-0.15, -0.1) is 0 Å². The Morgan fingerprint density at radius 1 is 1.21 bits per heavy atom. The predicted octanol–water partition coefficient (Wildman–Crippen LogP) is 2.17. The van der Waals surface area contributed by atoms with Gasteiger partial charge < -0.3 is 4.40 Å². The number of sulfonamides is 1. The average molecular weight is 344 g/mol. The molecule has 7 heteroatoms. The van der Waals surface area contributed by atoms with Crippen molar-refractivity contribution in [1.29, 1.82) is 0 Å². The van der Waals surface area contributed by atoms with Crippen molar-refractivity contribution in [1.82, 2.24) is 14.3 Å². The minimum absolute atomic E-state index is 0.115. The van der Waals surface area contributed by atoms with Gasteiger partial charge in [0.2, 0.25) is 10.0 Å². The van der Waals surface area contributed by atoms with Crippen LogP contribution in [0.2, 0.25) is 0 Å². The van der Waals surface area contributed by atoms with E-state index < -0.39 is 10.0 Å². The van der Waals surface area contributed by atoms with E-state index in [2.05, 4.69) is 16.8 Å². The second-order valence-electron chi connectivity index (χ2n) is 5.90. The number of nitrogens with zero attached hydrogens (tertiary/aromatic N) is 3. The first kappa shape index (κ1) is 16.6. The molecule has 3 aromatic rings. The number of nitrogens with two attached hydrogens (primary N) is 1. The highest BCUT2D eigenvalue weighted by Crippen LogP contribution is 2.22. The van der Waals surface area contributed by atoms with Gasteiger partial charge in [0.1, 0.15) is 5.65 Å². The Bertz CT molecular complexity index is 915. The molecule has 0 aliphatic carbocycles. The van der Waals surface area contributed by atoms with Crippen LogP contribution >= 0.6 is 0 Å². The number of hydrogen-bond donors (Lipinski definition) is 1. The van der Waals surface area contributed by atoms with Gasteiger partial charge in [-0.1, -0.05) is 18.2 Å². The Labute approximate surface area is 141 Å². The molecule has 2 heterocycles. The molecule has 1 atom stereocenters. The number of hydrogen-bond acceptors (Lipinski definition) is 4. The van der Waals surface area contributed by atoms with Crippen LogP contribution in [0.5, 0.6) is 0 Å². The molecule has 0 unspecified atom stereocenters. The van der Waals surface area contributed by atoms with Crippen molar-refractivity contribution < 1.29 is 8.42 Å². The summed E-state index contributed by atoms with van der Waals surface area (Å²) in [6, 6.07) is 12.7. The van der Waals surface area contributed by atoms with Crippen LogP contribution in [0.1, 0.15) is 24.2 Å². The molecule has 126 valence electrons. The molecule has 24 heavy (non-hydrogen) atoms. The minimum atomic E-state index is -3.66. The average Bonchev–Trinajstić information content (AvgIpc) is 2.95. The summed E-state index contributed by atoms with van der Waals surface area (Å²) in [4.78, 5) is 6.89. The van der Waals surface area contributed by atoms with Crippen LogP contribution < -0.4 is 5.14 Å². The van der Waals surface area contributed by atoms with E-state index in [1.165, 1.54) is 0 Å². The van der Waals surface area contributed by atoms with E-state index in [1.807, 2.05) is 42.0 Å². The Balaban J connectivity index is 1.75. The molecule has 0 radical (unpaired) electrons. The first-order chi connectivity index (χ1) is 11.3. The summed E-state index contributed by atoms with van der Waals surface area (Å²) in [6.07, 6.45) is 3.99. The summed E-state index contributed by atoms with van der Waals surface area (Å²) in [5, 5.41) is 5.13. The lowest BCUT2D eigenvalue weighted by molar-refractivity contribution is 0.250. The molecule has 2 N–H and O–H groups in total. The molecule has 6 nitrogen and oxygen atoms in total. The van der Waals surface area contributed by atoms with E-state index in [1.54, 1.807) is 24.3 Å². The minimum Gasteiger partial charge on any atom is -0.307 e. The number of imidazole rings is 1. The van der Waals surface area contributed by atoms with E-state index >= 15 is 0 Å². The van der Waals surface area contributed by atoms with Crippen molar-refractivity contribution in [3.05, 3.63) is 66.1 Å². The molecule has 1 aromatic carbocycles. The van der Waals surface area contributed by atoms with Gasteiger partial charge in [0.25, 0.3) is 0 Å². The highest BCUT2D eigenvalue weighted by Gasteiger charge is 2.15. The second-order valence-corrected chi connectivity index (χ2v) is 7.46. The van der Waals surface area contributed by atoms with Crippen LogP contribution in [0.15, 0.2) is 59.8 Å². The first-order valence-electron chi connectivity index (χ1n) is 7.60. The lowest BCUT2D eigenvalue weighted by Gasteiger charge is -2.24. The lowest BCUT2D eigenvalue weighted by atomic mass is 10.1. The quantitative estimate of drug-likeness (QED) is 0.769. The van der Waals surface area contributed by atoms with Crippen molar-refractivity contribution in [2.24, 2.45) is 5.14 Å². The number of pyridine rings is 1. The SMILES string of the molecule is C[C@@H](c1ccc(S(N)(=O)=O)cc1)N(C)Cc1cn2ccccc2n1. The maximum atomic E-state index is 11.3. The highest BCUT2D eigenvalue weighted by molar-refractivity contribution is 7.89. The topological polar surface area (TPSA) is 80.7 Å². The molecule has 0 saturated heterocycles. The molecule has 3 rings (SSSR count). The van der Waals surface area contributed by atoms with Gasteiger partial charge in [-0.25, -0.2) is 18.5 Å². The van der Waals surface area contributed by atoms with Gasteiger partial charge in [-0.05, 0) is 43.8 Å². The fourth-order valence-corrected chi connectivity index (χ4v) is 3.16. The van der Waals surface area contributed by atoms with Crippen LogP contribution in [-0.2, 0) is 16.6 Å². The second kappa shape index (κ2) is 6.35. The molecule has 0 amide bonds. The smallest absolute Gasteiger partial charge is 0.238 e. The number of fused-ring (bicyclic) bond motifs is 1. The van der Waals surface area contributed by atoms with Crippen LogP contribution in [-0.4, -0.2) is 29.8 Å². The van der Waals surface area contributed by atoms with Crippen molar-refractivity contribution in [2.75, 3.05) is 7.05 Å². The van der Waals surface area contributed by atoms with E-state index in [-0.39, 0.29) is 10.9 Å². The Morgan fingerprint density at radius 2 is 1.92 bits per heavy atom. The normalized spacial score (nSPS) is 13.5. The highest BCUT2D eigenvalue weighted by atomic mass is 32.2. The number of benzene rings is 1. The fraction of sp³-hybridized carbons (Fsp3) is 0.235. The monoisotopic (exact) mass is 344 g/mol. The van der Waals surface area contributed by atoms with Gasteiger partial charge in [0.15, 0.2) is 0 Å². The molecular formula is C17H20N4O2S. The van der Waals surface area contributed by atoms with E-state index in [4.69, 9.17) is 5.14 Å². The summed E-state index contributed by atoms with van der Waals surface area (Å²) in [5.74, 6) is 0. The summed E-state index contributed by atoms with van der Waals surface area (Å²) < 4.78 is 24.7. The molecule has 0 fully saturated rings. The first-order valence-corrected chi connectivity index (χ1v) is 9.15. The molecule has 0 aliphatic rings. The predicted molar refractivity (Wildman–Crippen MR) is 92.9 cm³/mol. The van der Waals surface area contributed by atoms with E-state index in [0.717, 1.165) is 16.9 Å². The van der Waals surface area contributed by atoms with Crippen molar-refractivity contribution in [2.45, 2.75) is 24.4 Å². The Kier molecular flexibility index (Phi) is 4.40. The molecule has 2 aromatic heterocycles. The number of aromatic nitrogens is 2. The van der Waals surface area contributed by atoms with Gasteiger partial charge >= 0.3 is 0 Å². The van der Waals surface area contributed by atoms with Crippen LogP contribution in [0.3, 0.4) is 0 Å². The maximum Gasteiger partial charge on any atom is 0.238 e. The third kappa shape index (κ3) is 3.48.